The smallest absolute Gasteiger partial charge is 0.306 e. The second-order valence-electron chi connectivity index (χ2n) is 10.4. The molecule has 13 nitrogen and oxygen atoms in total. The fourth-order valence-corrected chi connectivity index (χ4v) is 4.75. The normalized spacial score (nSPS) is 21.7. The highest BCUT2D eigenvalue weighted by Gasteiger charge is 2.46. The molecule has 7 N–H and O–H groups in total. The van der Waals surface area contributed by atoms with Gasteiger partial charge < -0.3 is 54.4 Å². The molecule has 4 aromatic rings. The lowest BCUT2D eigenvalue weighted by molar-refractivity contribution is -0.278. The van der Waals surface area contributed by atoms with Crippen LogP contribution in [0.5, 0.6) is 28.7 Å². The van der Waals surface area contributed by atoms with E-state index in [2.05, 4.69) is 0 Å². The first kappa shape index (κ1) is 30.6. The lowest BCUT2D eigenvalue weighted by Crippen LogP contribution is -2.60. The van der Waals surface area contributed by atoms with Crippen molar-refractivity contribution in [2.75, 3.05) is 6.61 Å². The van der Waals surface area contributed by atoms with Gasteiger partial charge in [-0.05, 0) is 37.1 Å². The van der Waals surface area contributed by atoms with E-state index < -0.39 is 82.8 Å². The number of aliphatic hydroxyl groups excluding tert-OH is 3. The Hall–Kier alpha value is -4.82. The molecule has 13 heteroatoms. The Bertz CT molecular complexity index is 1730. The van der Waals surface area contributed by atoms with Gasteiger partial charge in [0.2, 0.25) is 17.5 Å². The van der Waals surface area contributed by atoms with Gasteiger partial charge in [-0.1, -0.05) is 29.8 Å². The molecule has 0 bridgehead atoms. The summed E-state index contributed by atoms with van der Waals surface area (Å²) in [7, 11) is 0. The molecule has 232 valence electrons. The Morgan fingerprint density at radius 3 is 2.30 bits per heavy atom. The van der Waals surface area contributed by atoms with Crippen molar-refractivity contribution in [2.24, 2.45) is 0 Å². The van der Waals surface area contributed by atoms with Crippen molar-refractivity contribution in [1.29, 1.82) is 0 Å². The van der Waals surface area contributed by atoms with Gasteiger partial charge in [0.05, 0.1) is 0 Å². The van der Waals surface area contributed by atoms with Gasteiger partial charge in [-0.15, -0.1) is 0 Å². The Labute approximate surface area is 249 Å². The third-order valence-electron chi connectivity index (χ3n) is 7.20. The number of carbonyl (C=O) groups excluding carboxylic acids is 1. The van der Waals surface area contributed by atoms with Crippen LogP contribution in [0.25, 0.3) is 22.3 Å². The minimum Gasteiger partial charge on any atom is -0.508 e. The first-order valence-electron chi connectivity index (χ1n) is 13.6. The Kier molecular flexibility index (Phi) is 8.65. The number of phenols is 4. The lowest BCUT2D eigenvalue weighted by atomic mass is 9.99. The molecule has 5 atom stereocenters. The topological polar surface area (TPSA) is 217 Å². The highest BCUT2D eigenvalue weighted by molar-refractivity contribution is 5.88. The molecule has 0 amide bonds. The molecular weight excluding hydrogens is 580 g/mol. The molecule has 1 fully saturated rings. The van der Waals surface area contributed by atoms with Gasteiger partial charge in [-0.25, -0.2) is 0 Å². The molecule has 1 aliphatic heterocycles. The van der Waals surface area contributed by atoms with E-state index in [1.165, 1.54) is 6.07 Å². The monoisotopic (exact) mass is 610 g/mol. The minimum atomic E-state index is -1.91. The van der Waals surface area contributed by atoms with E-state index in [0.29, 0.717) is 6.42 Å². The summed E-state index contributed by atoms with van der Waals surface area (Å²) in [5.41, 5.74) is 0.743. The quantitative estimate of drug-likeness (QED) is 0.112. The summed E-state index contributed by atoms with van der Waals surface area (Å²) in [6, 6.07) is 13.0. The van der Waals surface area contributed by atoms with E-state index in [-0.39, 0.29) is 23.3 Å². The number of benzene rings is 3. The molecule has 2 heterocycles. The zero-order valence-electron chi connectivity index (χ0n) is 23.3. The van der Waals surface area contributed by atoms with E-state index in [1.807, 2.05) is 31.2 Å². The van der Waals surface area contributed by atoms with Crippen molar-refractivity contribution in [3.05, 3.63) is 75.9 Å². The summed E-state index contributed by atoms with van der Waals surface area (Å²) in [6.07, 6.45) is -8.26. The van der Waals surface area contributed by atoms with Gasteiger partial charge in [0, 0.05) is 24.1 Å². The molecule has 1 aromatic heterocycles. The summed E-state index contributed by atoms with van der Waals surface area (Å²) in [5.74, 6) is -3.76. The van der Waals surface area contributed by atoms with Crippen LogP contribution in [0.2, 0.25) is 0 Å². The Morgan fingerprint density at radius 2 is 1.59 bits per heavy atom. The summed E-state index contributed by atoms with van der Waals surface area (Å²) < 4.78 is 22.3. The number of aryl methyl sites for hydroxylation is 2. The number of hydrogen-bond donors (Lipinski definition) is 7. The predicted molar refractivity (Wildman–Crippen MR) is 152 cm³/mol. The summed E-state index contributed by atoms with van der Waals surface area (Å²) >= 11 is 0. The maximum atomic E-state index is 13.6. The number of carbonyl (C=O) groups is 1. The largest absolute Gasteiger partial charge is 0.508 e. The third kappa shape index (κ3) is 6.26. The fourth-order valence-electron chi connectivity index (χ4n) is 4.75. The third-order valence-corrected chi connectivity index (χ3v) is 7.20. The molecule has 44 heavy (non-hydrogen) atoms. The van der Waals surface area contributed by atoms with Crippen LogP contribution in [0.1, 0.15) is 17.5 Å². The van der Waals surface area contributed by atoms with Crippen molar-refractivity contribution in [1.82, 2.24) is 0 Å². The Balaban J connectivity index is 1.41. The van der Waals surface area contributed by atoms with Crippen LogP contribution >= 0.6 is 0 Å². The summed E-state index contributed by atoms with van der Waals surface area (Å²) in [5, 5.41) is 71.4. The van der Waals surface area contributed by atoms with Crippen molar-refractivity contribution >= 4 is 16.9 Å². The number of hydrogen-bond acceptors (Lipinski definition) is 13. The van der Waals surface area contributed by atoms with Crippen LogP contribution in [-0.4, -0.2) is 79.0 Å². The van der Waals surface area contributed by atoms with Gasteiger partial charge in [0.25, 0.3) is 0 Å². The molecule has 0 radical (unpaired) electrons. The average molecular weight is 611 g/mol. The maximum absolute atomic E-state index is 13.6. The fraction of sp³-hybridized carbons (Fsp3) is 0.290. The number of fused-ring (bicyclic) bond motifs is 1. The lowest BCUT2D eigenvalue weighted by Gasteiger charge is -2.39. The zero-order valence-corrected chi connectivity index (χ0v) is 23.3. The second kappa shape index (κ2) is 12.4. The van der Waals surface area contributed by atoms with Crippen molar-refractivity contribution in [2.45, 2.75) is 50.5 Å². The Morgan fingerprint density at radius 1 is 0.864 bits per heavy atom. The molecule has 5 rings (SSSR count). The number of ether oxygens (including phenoxy) is 3. The van der Waals surface area contributed by atoms with Gasteiger partial charge in [-0.3, -0.25) is 9.59 Å². The minimum absolute atomic E-state index is 0.00192. The summed E-state index contributed by atoms with van der Waals surface area (Å²) in [4.78, 5) is 26.0. The van der Waals surface area contributed by atoms with E-state index in [1.54, 1.807) is 0 Å². The molecule has 0 saturated carbocycles. The van der Waals surface area contributed by atoms with Crippen LogP contribution in [-0.2, 0) is 20.7 Å². The van der Waals surface area contributed by atoms with Gasteiger partial charge in [0.1, 0.15) is 53.5 Å². The molecule has 0 aliphatic carbocycles. The highest BCUT2D eigenvalue weighted by atomic mass is 16.7. The standard InChI is InChI=1S/C31H30O13/c1-14-2-4-15(5-3-14)6-9-23(36)41-13-22-25(37)27(39)28(40)31(43-22)44-30-26(38)24-20(35)11-17(32)12-21(24)42-29(30)16-7-8-18(33)19(34)10-16/h2-5,7-8,10-12,22,25,27-28,31-35,37,39-40H,6,9,13H2,1H3/t22-,25+,27+,28-,31+/m1/s1. The SMILES string of the molecule is Cc1ccc(CCC(=O)OC[C@H]2O[C@@H](Oc3c(-c4ccc(O)c(O)c4)oc4cc(O)cc(O)c4c3=O)[C@H](O)[C@@H](O)[C@H]2O)cc1. The van der Waals surface area contributed by atoms with Crippen molar-refractivity contribution in [3.63, 3.8) is 0 Å². The first-order chi connectivity index (χ1) is 20.9. The highest BCUT2D eigenvalue weighted by Crippen LogP contribution is 2.39. The number of phenolic OH excluding ortho intramolecular Hbond substituents is 4. The van der Waals surface area contributed by atoms with Crippen molar-refractivity contribution in [3.8, 4) is 40.1 Å². The van der Waals surface area contributed by atoms with E-state index in [9.17, 15) is 45.3 Å². The second-order valence-corrected chi connectivity index (χ2v) is 10.4. The van der Waals surface area contributed by atoms with Gasteiger partial charge in [0.15, 0.2) is 17.3 Å². The number of esters is 1. The molecule has 1 saturated heterocycles. The van der Waals surface area contributed by atoms with Gasteiger partial charge >= 0.3 is 5.97 Å². The first-order valence-corrected chi connectivity index (χ1v) is 13.6. The van der Waals surface area contributed by atoms with E-state index in [4.69, 9.17) is 18.6 Å². The van der Waals surface area contributed by atoms with Crippen LogP contribution in [0.4, 0.5) is 0 Å². The van der Waals surface area contributed by atoms with Crippen molar-refractivity contribution < 1.29 is 59.2 Å². The maximum Gasteiger partial charge on any atom is 0.306 e. The van der Waals surface area contributed by atoms with Crippen LogP contribution in [0.15, 0.2) is 63.8 Å². The van der Waals surface area contributed by atoms with Crippen LogP contribution in [0, 0.1) is 6.92 Å². The molecule has 0 unspecified atom stereocenters. The van der Waals surface area contributed by atoms with Gasteiger partial charge in [-0.2, -0.15) is 0 Å². The molecule has 0 spiro atoms. The van der Waals surface area contributed by atoms with E-state index in [0.717, 1.165) is 35.4 Å². The van der Waals surface area contributed by atoms with Crippen LogP contribution < -0.4 is 10.2 Å². The van der Waals surface area contributed by atoms with Crippen LogP contribution in [0.3, 0.4) is 0 Å². The van der Waals surface area contributed by atoms with E-state index >= 15 is 0 Å². The molecule has 1 aliphatic rings. The number of rotatable bonds is 8. The number of aliphatic hydroxyl groups is 3. The predicted octanol–water partition coefficient (Wildman–Crippen LogP) is 1.95. The molecule has 3 aromatic carbocycles. The summed E-state index contributed by atoms with van der Waals surface area (Å²) in [6.45, 7) is 1.42. The average Bonchev–Trinajstić information content (AvgIpc) is 2.98. The number of aromatic hydroxyl groups is 4. The molecular formula is C31H30O13. The zero-order chi connectivity index (χ0) is 31.7.